The van der Waals surface area contributed by atoms with E-state index in [1.54, 1.807) is 6.07 Å². The molecule has 0 amide bonds. The maximum Gasteiger partial charge on any atom is 0.337 e. The van der Waals surface area contributed by atoms with Gasteiger partial charge in [-0.25, -0.2) is 19.2 Å². The van der Waals surface area contributed by atoms with Crippen LogP contribution in [0.3, 0.4) is 0 Å². The third-order valence-corrected chi connectivity index (χ3v) is 3.53. The second-order valence-corrected chi connectivity index (χ2v) is 5.11. The molecule has 0 unspecified atom stereocenters. The first-order valence-corrected chi connectivity index (χ1v) is 6.84. The molecule has 0 bridgehead atoms. The van der Waals surface area contributed by atoms with Crippen LogP contribution in [-0.2, 0) is 0 Å². The Morgan fingerprint density at radius 2 is 2.09 bits per heavy atom. The monoisotopic (exact) mass is 332 g/mol. The predicted octanol–water partition coefficient (Wildman–Crippen LogP) is 3.21. The summed E-state index contributed by atoms with van der Waals surface area (Å²) in [4.78, 5) is 22.2. The Hall–Kier alpha value is -2.93. The molecule has 8 heteroatoms. The van der Waals surface area contributed by atoms with E-state index in [2.05, 4.69) is 15.0 Å². The highest BCUT2D eigenvalue weighted by Crippen LogP contribution is 2.33. The minimum absolute atomic E-state index is 0.0512. The van der Waals surface area contributed by atoms with Gasteiger partial charge in [-0.05, 0) is 30.3 Å². The van der Waals surface area contributed by atoms with Crippen LogP contribution >= 0.6 is 11.6 Å². The van der Waals surface area contributed by atoms with Crippen molar-refractivity contribution in [1.29, 1.82) is 0 Å². The molecule has 2 aromatic heterocycles. The zero-order valence-electron chi connectivity index (χ0n) is 11.5. The van der Waals surface area contributed by atoms with E-state index in [0.717, 1.165) is 0 Å². The molecule has 0 aliphatic carbocycles. The lowest BCUT2D eigenvalue weighted by atomic mass is 10.1. The first kappa shape index (κ1) is 15.0. The molecule has 3 rings (SSSR count). The summed E-state index contributed by atoms with van der Waals surface area (Å²) < 4.78 is 13.5. The highest BCUT2D eigenvalue weighted by atomic mass is 35.5. The Kier molecular flexibility index (Phi) is 3.71. The standard InChI is InChI=1S/C15H10ClFN4O2/c16-10-2-1-7(17)5-8(10)13-9(14(22)23)6-12(20-13)11-3-4-19-15(18)21-11/h1-6,20H,(H,22,23)(H2,18,19,21). The SMILES string of the molecule is Nc1nccc(-c2cc(C(=O)O)c(-c3cc(F)ccc3Cl)[nH]2)n1. The average Bonchev–Trinajstić information content (AvgIpc) is 2.95. The quantitative estimate of drug-likeness (QED) is 0.683. The molecule has 0 aliphatic heterocycles. The number of anilines is 1. The number of aromatic nitrogens is 3. The topological polar surface area (TPSA) is 105 Å². The van der Waals surface area contributed by atoms with Gasteiger partial charge in [-0.15, -0.1) is 0 Å². The molecular weight excluding hydrogens is 323 g/mol. The molecule has 0 fully saturated rings. The van der Waals surface area contributed by atoms with E-state index in [0.29, 0.717) is 11.4 Å². The predicted molar refractivity (Wildman–Crippen MR) is 83.6 cm³/mol. The fourth-order valence-electron chi connectivity index (χ4n) is 2.19. The molecule has 3 aromatic rings. The number of aromatic carboxylic acids is 1. The van der Waals surface area contributed by atoms with Crippen LogP contribution in [0.2, 0.25) is 5.02 Å². The lowest BCUT2D eigenvalue weighted by Gasteiger charge is -2.04. The van der Waals surface area contributed by atoms with Crippen molar-refractivity contribution in [2.45, 2.75) is 0 Å². The van der Waals surface area contributed by atoms with Crippen molar-refractivity contribution in [1.82, 2.24) is 15.0 Å². The van der Waals surface area contributed by atoms with Gasteiger partial charge >= 0.3 is 5.97 Å². The van der Waals surface area contributed by atoms with Gasteiger partial charge in [-0.1, -0.05) is 11.6 Å². The van der Waals surface area contributed by atoms with Crippen molar-refractivity contribution in [3.05, 3.63) is 52.9 Å². The van der Waals surface area contributed by atoms with Crippen molar-refractivity contribution in [3.8, 4) is 22.6 Å². The molecule has 0 spiro atoms. The summed E-state index contributed by atoms with van der Waals surface area (Å²) in [6, 6.07) is 6.69. The number of nitrogens with two attached hydrogens (primary N) is 1. The van der Waals surface area contributed by atoms with E-state index in [1.165, 1.54) is 30.5 Å². The van der Waals surface area contributed by atoms with Crippen molar-refractivity contribution in [3.63, 3.8) is 0 Å². The number of carboxylic acid groups (broad SMARTS) is 1. The van der Waals surface area contributed by atoms with E-state index >= 15 is 0 Å². The summed E-state index contributed by atoms with van der Waals surface area (Å²) in [5.74, 6) is -1.65. The van der Waals surface area contributed by atoms with Gasteiger partial charge in [0, 0.05) is 11.8 Å². The summed E-state index contributed by atoms with van der Waals surface area (Å²) in [6.45, 7) is 0. The second-order valence-electron chi connectivity index (χ2n) is 4.70. The Labute approximate surface area is 134 Å². The van der Waals surface area contributed by atoms with Gasteiger partial charge in [0.05, 0.1) is 27.7 Å². The van der Waals surface area contributed by atoms with Crippen LogP contribution in [-0.4, -0.2) is 26.0 Å². The minimum atomic E-state index is -1.18. The number of nitrogens with one attached hydrogen (secondary N) is 1. The maximum atomic E-state index is 13.5. The van der Waals surface area contributed by atoms with Gasteiger partial charge in [0.25, 0.3) is 0 Å². The maximum absolute atomic E-state index is 13.5. The number of nitrogens with zero attached hydrogens (tertiary/aromatic N) is 2. The van der Waals surface area contributed by atoms with E-state index < -0.39 is 11.8 Å². The van der Waals surface area contributed by atoms with Gasteiger partial charge in [0.2, 0.25) is 5.95 Å². The molecule has 2 heterocycles. The number of hydrogen-bond donors (Lipinski definition) is 3. The molecule has 116 valence electrons. The number of aromatic amines is 1. The molecule has 1 aromatic carbocycles. The molecule has 4 N–H and O–H groups in total. The fourth-order valence-corrected chi connectivity index (χ4v) is 2.40. The van der Waals surface area contributed by atoms with Crippen LogP contribution in [0.4, 0.5) is 10.3 Å². The Morgan fingerprint density at radius 3 is 2.78 bits per heavy atom. The van der Waals surface area contributed by atoms with Gasteiger partial charge in [-0.2, -0.15) is 0 Å². The highest BCUT2D eigenvalue weighted by Gasteiger charge is 2.19. The van der Waals surface area contributed by atoms with Crippen LogP contribution in [0.5, 0.6) is 0 Å². The molecule has 23 heavy (non-hydrogen) atoms. The summed E-state index contributed by atoms with van der Waals surface area (Å²) in [7, 11) is 0. The molecule has 6 nitrogen and oxygen atoms in total. The zero-order valence-corrected chi connectivity index (χ0v) is 12.3. The van der Waals surface area contributed by atoms with E-state index in [1.807, 2.05) is 0 Å². The summed E-state index contributed by atoms with van der Waals surface area (Å²) >= 11 is 6.06. The summed E-state index contributed by atoms with van der Waals surface area (Å²) in [5, 5.41) is 9.61. The third kappa shape index (κ3) is 2.86. The smallest absolute Gasteiger partial charge is 0.337 e. The number of benzene rings is 1. The lowest BCUT2D eigenvalue weighted by molar-refractivity contribution is 0.0698. The average molecular weight is 333 g/mol. The van der Waals surface area contributed by atoms with Gasteiger partial charge < -0.3 is 15.8 Å². The number of carbonyl (C=O) groups is 1. The van der Waals surface area contributed by atoms with Crippen LogP contribution in [0.25, 0.3) is 22.6 Å². The van der Waals surface area contributed by atoms with Crippen LogP contribution in [0.15, 0.2) is 36.5 Å². The largest absolute Gasteiger partial charge is 0.478 e. The zero-order chi connectivity index (χ0) is 16.6. The molecule has 0 radical (unpaired) electrons. The van der Waals surface area contributed by atoms with Crippen LogP contribution < -0.4 is 5.73 Å². The highest BCUT2D eigenvalue weighted by molar-refractivity contribution is 6.33. The first-order valence-electron chi connectivity index (χ1n) is 6.46. The lowest BCUT2D eigenvalue weighted by Crippen LogP contribution is -1.97. The number of H-pyrrole nitrogens is 1. The second kappa shape index (κ2) is 5.69. The normalized spacial score (nSPS) is 10.7. The fraction of sp³-hybridized carbons (Fsp3) is 0. The van der Waals surface area contributed by atoms with Crippen molar-refractivity contribution in [2.24, 2.45) is 0 Å². The molecule has 0 aliphatic rings. The van der Waals surface area contributed by atoms with E-state index in [4.69, 9.17) is 17.3 Å². The Bertz CT molecular complexity index is 910. The van der Waals surface area contributed by atoms with Crippen LogP contribution in [0, 0.1) is 5.82 Å². The van der Waals surface area contributed by atoms with Gasteiger partial charge in [0.1, 0.15) is 5.82 Å². The van der Waals surface area contributed by atoms with Gasteiger partial charge in [-0.3, -0.25) is 0 Å². The van der Waals surface area contributed by atoms with E-state index in [9.17, 15) is 14.3 Å². The minimum Gasteiger partial charge on any atom is -0.478 e. The number of rotatable bonds is 3. The molecule has 0 atom stereocenters. The first-order chi connectivity index (χ1) is 11.0. The summed E-state index contributed by atoms with van der Waals surface area (Å²) in [5.41, 5.74) is 6.74. The number of nitrogen functional groups attached to an aromatic ring is 1. The Balaban J connectivity index is 2.21. The molecular formula is C15H10ClFN4O2. The number of carboxylic acids is 1. The van der Waals surface area contributed by atoms with E-state index in [-0.39, 0.29) is 27.8 Å². The number of hydrogen-bond acceptors (Lipinski definition) is 4. The number of halogens is 2. The van der Waals surface area contributed by atoms with Crippen molar-refractivity contribution >= 4 is 23.5 Å². The Morgan fingerprint density at radius 1 is 1.30 bits per heavy atom. The third-order valence-electron chi connectivity index (χ3n) is 3.20. The molecule has 0 saturated heterocycles. The molecule has 0 saturated carbocycles. The van der Waals surface area contributed by atoms with Gasteiger partial charge in [0.15, 0.2) is 0 Å². The summed E-state index contributed by atoms with van der Waals surface area (Å²) in [6.07, 6.45) is 1.45. The van der Waals surface area contributed by atoms with Crippen molar-refractivity contribution < 1.29 is 14.3 Å². The van der Waals surface area contributed by atoms with Crippen LogP contribution in [0.1, 0.15) is 10.4 Å². The van der Waals surface area contributed by atoms with Crippen molar-refractivity contribution in [2.75, 3.05) is 5.73 Å².